The molecule has 1 aliphatic carbocycles. The molecule has 2 aliphatic rings. The number of ether oxygens (including phenoxy) is 1. The smallest absolute Gasteiger partial charge is 0.317 e. The van der Waals surface area contributed by atoms with Crippen LogP contribution in [0.2, 0.25) is 0 Å². The lowest BCUT2D eigenvalue weighted by molar-refractivity contribution is -0.142. The third-order valence-electron chi connectivity index (χ3n) is 5.93. The van der Waals surface area contributed by atoms with Gasteiger partial charge in [-0.2, -0.15) is 0 Å². The SMILES string of the molecule is Cc1ccc(CCN(CC2CCCO2)C(=O)NC2CCC(C(=O)O)CC2)cc1. The minimum atomic E-state index is -0.720. The molecule has 28 heavy (non-hydrogen) atoms. The van der Waals surface area contributed by atoms with Crippen molar-refractivity contribution in [2.24, 2.45) is 5.92 Å². The summed E-state index contributed by atoms with van der Waals surface area (Å²) in [7, 11) is 0. The highest BCUT2D eigenvalue weighted by Gasteiger charge is 2.29. The van der Waals surface area contributed by atoms with E-state index >= 15 is 0 Å². The van der Waals surface area contributed by atoms with Crippen LogP contribution in [-0.4, -0.2) is 53.8 Å². The third kappa shape index (κ3) is 5.96. The highest BCUT2D eigenvalue weighted by molar-refractivity contribution is 5.75. The lowest BCUT2D eigenvalue weighted by atomic mass is 9.86. The molecule has 1 unspecified atom stereocenters. The molecule has 1 aliphatic heterocycles. The summed E-state index contributed by atoms with van der Waals surface area (Å²) in [6.07, 6.45) is 5.71. The average Bonchev–Trinajstić information content (AvgIpc) is 3.20. The van der Waals surface area contributed by atoms with Crippen LogP contribution >= 0.6 is 0 Å². The molecular formula is C22H32N2O4. The van der Waals surface area contributed by atoms with Crippen LogP contribution in [0.25, 0.3) is 0 Å². The number of carboxylic acids is 1. The molecule has 0 bridgehead atoms. The second kappa shape index (κ2) is 9.92. The van der Waals surface area contributed by atoms with E-state index in [0.29, 0.717) is 25.9 Å². The Morgan fingerprint density at radius 1 is 1.14 bits per heavy atom. The highest BCUT2D eigenvalue weighted by atomic mass is 16.5. The number of rotatable bonds is 7. The van der Waals surface area contributed by atoms with Gasteiger partial charge in [0, 0.05) is 25.7 Å². The van der Waals surface area contributed by atoms with Crippen LogP contribution in [0.1, 0.15) is 49.7 Å². The maximum atomic E-state index is 12.9. The van der Waals surface area contributed by atoms with Gasteiger partial charge in [0.1, 0.15) is 0 Å². The summed E-state index contributed by atoms with van der Waals surface area (Å²) in [6, 6.07) is 8.44. The largest absolute Gasteiger partial charge is 0.481 e. The fourth-order valence-corrected chi connectivity index (χ4v) is 4.08. The van der Waals surface area contributed by atoms with Gasteiger partial charge >= 0.3 is 12.0 Å². The topological polar surface area (TPSA) is 78.9 Å². The van der Waals surface area contributed by atoms with Crippen molar-refractivity contribution in [3.05, 3.63) is 35.4 Å². The Labute approximate surface area is 167 Å². The number of nitrogens with one attached hydrogen (secondary N) is 1. The van der Waals surface area contributed by atoms with E-state index < -0.39 is 5.97 Å². The number of benzene rings is 1. The van der Waals surface area contributed by atoms with Gasteiger partial charge in [0.2, 0.25) is 0 Å². The Balaban J connectivity index is 1.55. The van der Waals surface area contributed by atoms with Crippen molar-refractivity contribution >= 4 is 12.0 Å². The first-order valence-corrected chi connectivity index (χ1v) is 10.5. The molecule has 1 saturated carbocycles. The van der Waals surface area contributed by atoms with Gasteiger partial charge in [0.05, 0.1) is 12.0 Å². The van der Waals surface area contributed by atoms with Gasteiger partial charge in [-0.15, -0.1) is 0 Å². The van der Waals surface area contributed by atoms with Crippen molar-refractivity contribution in [2.45, 2.75) is 64.0 Å². The zero-order valence-electron chi connectivity index (χ0n) is 16.7. The number of urea groups is 1. The van der Waals surface area contributed by atoms with Crippen LogP contribution in [-0.2, 0) is 16.0 Å². The van der Waals surface area contributed by atoms with Crippen LogP contribution in [0.3, 0.4) is 0 Å². The quantitative estimate of drug-likeness (QED) is 0.751. The molecule has 0 spiro atoms. The van der Waals surface area contributed by atoms with Crippen molar-refractivity contribution in [2.75, 3.05) is 19.7 Å². The maximum absolute atomic E-state index is 12.9. The van der Waals surface area contributed by atoms with Gasteiger partial charge < -0.3 is 20.1 Å². The molecule has 1 aromatic carbocycles. The first-order valence-electron chi connectivity index (χ1n) is 10.5. The number of carbonyl (C=O) groups is 2. The molecule has 1 atom stereocenters. The molecule has 154 valence electrons. The molecule has 0 radical (unpaired) electrons. The molecule has 2 N–H and O–H groups in total. The van der Waals surface area contributed by atoms with E-state index in [1.807, 2.05) is 4.90 Å². The molecule has 1 saturated heterocycles. The summed E-state index contributed by atoms with van der Waals surface area (Å²) in [4.78, 5) is 25.9. The second-order valence-corrected chi connectivity index (χ2v) is 8.15. The molecule has 6 nitrogen and oxygen atoms in total. The van der Waals surface area contributed by atoms with E-state index in [-0.39, 0.29) is 24.1 Å². The molecule has 2 amide bonds. The van der Waals surface area contributed by atoms with Crippen LogP contribution in [0.15, 0.2) is 24.3 Å². The Bertz CT molecular complexity index is 647. The van der Waals surface area contributed by atoms with Crippen molar-refractivity contribution in [3.8, 4) is 0 Å². The number of carboxylic acid groups (broad SMARTS) is 1. The Hall–Kier alpha value is -2.08. The van der Waals surface area contributed by atoms with E-state index in [2.05, 4.69) is 36.5 Å². The molecule has 1 heterocycles. The van der Waals surface area contributed by atoms with Gasteiger partial charge in [-0.1, -0.05) is 29.8 Å². The number of hydrogen-bond donors (Lipinski definition) is 2. The van der Waals surface area contributed by atoms with E-state index in [0.717, 1.165) is 38.7 Å². The molecule has 6 heteroatoms. The summed E-state index contributed by atoms with van der Waals surface area (Å²) >= 11 is 0. The van der Waals surface area contributed by atoms with Crippen molar-refractivity contribution in [3.63, 3.8) is 0 Å². The molecule has 2 fully saturated rings. The fourth-order valence-electron chi connectivity index (χ4n) is 4.08. The van der Waals surface area contributed by atoms with Crippen LogP contribution in [0.4, 0.5) is 4.79 Å². The molecule has 0 aromatic heterocycles. The van der Waals surface area contributed by atoms with Gasteiger partial charge in [0.15, 0.2) is 0 Å². The number of aryl methyl sites for hydroxylation is 1. The van der Waals surface area contributed by atoms with E-state index in [4.69, 9.17) is 9.84 Å². The normalized spacial score (nSPS) is 24.7. The molecular weight excluding hydrogens is 356 g/mol. The average molecular weight is 389 g/mol. The van der Waals surface area contributed by atoms with E-state index in [9.17, 15) is 9.59 Å². The zero-order chi connectivity index (χ0) is 19.9. The molecule has 3 rings (SSSR count). The van der Waals surface area contributed by atoms with Crippen LogP contribution in [0.5, 0.6) is 0 Å². The third-order valence-corrected chi connectivity index (χ3v) is 5.93. The fraction of sp³-hybridized carbons (Fsp3) is 0.636. The summed E-state index contributed by atoms with van der Waals surface area (Å²) in [5, 5.41) is 12.3. The number of aliphatic carboxylic acids is 1. The standard InChI is InChI=1S/C22H32N2O4/c1-16-4-6-17(7-5-16)12-13-24(15-20-3-2-14-28-20)22(27)23-19-10-8-18(9-11-19)21(25)26/h4-7,18-20H,2-3,8-15H2,1H3,(H,23,27)(H,25,26). The monoisotopic (exact) mass is 388 g/mol. The maximum Gasteiger partial charge on any atom is 0.317 e. The molecule has 1 aromatic rings. The number of carbonyl (C=O) groups excluding carboxylic acids is 1. The minimum absolute atomic E-state index is 0.0543. The highest BCUT2D eigenvalue weighted by Crippen LogP contribution is 2.24. The van der Waals surface area contributed by atoms with Crippen molar-refractivity contribution in [1.29, 1.82) is 0 Å². The van der Waals surface area contributed by atoms with Gasteiger partial charge in [-0.25, -0.2) is 4.79 Å². The first kappa shape index (κ1) is 20.6. The Kier molecular flexibility index (Phi) is 7.31. The van der Waals surface area contributed by atoms with E-state index in [1.165, 1.54) is 11.1 Å². The van der Waals surface area contributed by atoms with Crippen molar-refractivity contribution in [1.82, 2.24) is 10.2 Å². The summed E-state index contributed by atoms with van der Waals surface area (Å²) in [5.74, 6) is -0.986. The summed E-state index contributed by atoms with van der Waals surface area (Å²) < 4.78 is 5.74. The van der Waals surface area contributed by atoms with Crippen molar-refractivity contribution < 1.29 is 19.4 Å². The van der Waals surface area contributed by atoms with Crippen LogP contribution < -0.4 is 5.32 Å². The van der Waals surface area contributed by atoms with Gasteiger partial charge in [-0.05, 0) is 57.4 Å². The summed E-state index contributed by atoms with van der Waals surface area (Å²) in [6.45, 7) is 4.11. The first-order chi connectivity index (χ1) is 13.5. The predicted octanol–water partition coefficient (Wildman–Crippen LogP) is 3.37. The van der Waals surface area contributed by atoms with Crippen LogP contribution in [0, 0.1) is 12.8 Å². The Morgan fingerprint density at radius 2 is 1.86 bits per heavy atom. The number of amides is 2. The predicted molar refractivity (Wildman–Crippen MR) is 107 cm³/mol. The summed E-state index contributed by atoms with van der Waals surface area (Å²) in [5.41, 5.74) is 2.45. The lowest BCUT2D eigenvalue weighted by Crippen LogP contribution is -2.49. The van der Waals surface area contributed by atoms with Gasteiger partial charge in [-0.3, -0.25) is 4.79 Å². The number of nitrogens with zero attached hydrogens (tertiary/aromatic N) is 1. The Morgan fingerprint density at radius 3 is 2.46 bits per heavy atom. The second-order valence-electron chi connectivity index (χ2n) is 8.15. The minimum Gasteiger partial charge on any atom is -0.481 e. The lowest BCUT2D eigenvalue weighted by Gasteiger charge is -2.31. The van der Waals surface area contributed by atoms with Gasteiger partial charge in [0.25, 0.3) is 0 Å². The number of hydrogen-bond acceptors (Lipinski definition) is 3. The zero-order valence-corrected chi connectivity index (χ0v) is 16.7. The van der Waals surface area contributed by atoms with E-state index in [1.54, 1.807) is 0 Å².